The van der Waals surface area contributed by atoms with E-state index < -0.39 is 22.5 Å². The molecule has 1 N–H and O–H groups in total. The van der Waals surface area contributed by atoms with Crippen LogP contribution >= 0.6 is 0 Å². The van der Waals surface area contributed by atoms with Crippen molar-refractivity contribution in [1.29, 1.82) is 0 Å². The highest BCUT2D eigenvalue weighted by atomic mass is 19.1. The fourth-order valence-electron chi connectivity index (χ4n) is 3.12. The van der Waals surface area contributed by atoms with Crippen molar-refractivity contribution >= 4 is 11.6 Å². The first-order chi connectivity index (χ1) is 12.5. The third kappa shape index (κ3) is 4.67. The minimum absolute atomic E-state index is 0.00589. The zero-order chi connectivity index (χ0) is 20.4. The number of benzene rings is 1. The van der Waals surface area contributed by atoms with Crippen molar-refractivity contribution in [3.63, 3.8) is 0 Å². The van der Waals surface area contributed by atoms with Gasteiger partial charge in [0.1, 0.15) is 17.4 Å². The maximum Gasteiger partial charge on any atom is 0.296 e. The molecule has 2 rings (SSSR count). The predicted octanol–water partition coefficient (Wildman–Crippen LogP) is 2.70. The van der Waals surface area contributed by atoms with E-state index in [9.17, 15) is 23.9 Å². The van der Waals surface area contributed by atoms with Crippen LogP contribution in [0, 0.1) is 5.82 Å². The summed E-state index contributed by atoms with van der Waals surface area (Å²) in [5.41, 5.74) is -1.06. The van der Waals surface area contributed by atoms with Crippen molar-refractivity contribution in [3.05, 3.63) is 57.5 Å². The average molecular weight is 374 g/mol. The van der Waals surface area contributed by atoms with Crippen LogP contribution in [-0.4, -0.2) is 26.2 Å². The van der Waals surface area contributed by atoms with Crippen molar-refractivity contribution in [3.8, 4) is 5.75 Å². The highest BCUT2D eigenvalue weighted by molar-refractivity contribution is 5.96. The summed E-state index contributed by atoms with van der Waals surface area (Å²) in [6.07, 6.45) is 0.467. The molecule has 144 valence electrons. The van der Waals surface area contributed by atoms with Crippen LogP contribution in [0.1, 0.15) is 55.5 Å². The van der Waals surface area contributed by atoms with Crippen LogP contribution in [0.2, 0.25) is 0 Å². The van der Waals surface area contributed by atoms with E-state index >= 15 is 0 Å². The first kappa shape index (κ1) is 20.5. The quantitative estimate of drug-likeness (QED) is 0.753. The molecule has 6 nitrogen and oxygen atoms in total. The topological polar surface area (TPSA) is 89.3 Å². The molecule has 0 amide bonds. The molecule has 0 saturated carbocycles. The van der Waals surface area contributed by atoms with Crippen molar-refractivity contribution in [2.24, 2.45) is 7.05 Å². The van der Waals surface area contributed by atoms with E-state index in [2.05, 4.69) is 4.98 Å². The predicted molar refractivity (Wildman–Crippen MR) is 98.5 cm³/mol. The molecule has 0 aliphatic heterocycles. The van der Waals surface area contributed by atoms with Crippen molar-refractivity contribution in [2.75, 3.05) is 0 Å². The van der Waals surface area contributed by atoms with E-state index in [1.54, 1.807) is 26.0 Å². The number of hydrogen-bond donors (Lipinski definition) is 1. The van der Waals surface area contributed by atoms with Gasteiger partial charge in [-0.1, -0.05) is 26.0 Å². The minimum Gasteiger partial charge on any atom is -0.501 e. The molecule has 0 aliphatic rings. The highest BCUT2D eigenvalue weighted by Gasteiger charge is 2.30. The number of aromatic hydroxyl groups is 1. The number of halogens is 1. The van der Waals surface area contributed by atoms with E-state index in [-0.39, 0.29) is 36.0 Å². The van der Waals surface area contributed by atoms with E-state index in [4.69, 9.17) is 0 Å². The Labute approximate surface area is 156 Å². The lowest BCUT2D eigenvalue weighted by atomic mass is 9.86. The summed E-state index contributed by atoms with van der Waals surface area (Å²) in [5, 5.41) is 10.1. The number of nitrogens with zero attached hydrogens (tertiary/aromatic N) is 2. The lowest BCUT2D eigenvalue weighted by Gasteiger charge is -2.25. The monoisotopic (exact) mass is 374 g/mol. The lowest BCUT2D eigenvalue weighted by molar-refractivity contribution is -0.118. The van der Waals surface area contributed by atoms with Crippen molar-refractivity contribution in [1.82, 2.24) is 9.55 Å². The highest BCUT2D eigenvalue weighted by Crippen LogP contribution is 2.26. The summed E-state index contributed by atoms with van der Waals surface area (Å²) < 4.78 is 14.1. The number of carbonyl (C=O) groups excluding carboxylic acids is 2. The van der Waals surface area contributed by atoms with E-state index in [0.29, 0.717) is 6.42 Å². The summed E-state index contributed by atoms with van der Waals surface area (Å²) in [4.78, 5) is 40.7. The standard InChI is InChI=1S/C20H23FN2O4/c1-12(24)11-20(2,3)19-22-16(17(26)18(27)23(19)4)15(25)10-7-13-5-8-14(21)9-6-13/h5-6,8-9,26H,7,10-11H2,1-4H3. The van der Waals surface area contributed by atoms with Gasteiger partial charge in [0.25, 0.3) is 5.56 Å². The van der Waals surface area contributed by atoms with E-state index in [0.717, 1.165) is 10.1 Å². The number of rotatable bonds is 7. The summed E-state index contributed by atoms with van der Waals surface area (Å²) >= 11 is 0. The number of hydrogen-bond acceptors (Lipinski definition) is 5. The number of aryl methyl sites for hydroxylation is 1. The van der Waals surface area contributed by atoms with Crippen LogP contribution in [0.3, 0.4) is 0 Å². The average Bonchev–Trinajstić information content (AvgIpc) is 2.57. The summed E-state index contributed by atoms with van der Waals surface area (Å²) in [6, 6.07) is 5.75. The molecule has 1 heterocycles. The molecule has 0 unspecified atom stereocenters. The lowest BCUT2D eigenvalue weighted by Crippen LogP contribution is -2.34. The first-order valence-corrected chi connectivity index (χ1v) is 8.60. The molecular weight excluding hydrogens is 351 g/mol. The molecular formula is C20H23FN2O4. The summed E-state index contributed by atoms with van der Waals surface area (Å²) in [6.45, 7) is 4.94. The fourth-order valence-corrected chi connectivity index (χ4v) is 3.12. The zero-order valence-corrected chi connectivity index (χ0v) is 15.9. The molecule has 0 aliphatic carbocycles. The summed E-state index contributed by atoms with van der Waals surface area (Å²) in [5.74, 6) is -1.39. The molecule has 1 aromatic carbocycles. The Morgan fingerprint density at radius 1 is 1.22 bits per heavy atom. The molecule has 2 aromatic rings. The second-order valence-corrected chi connectivity index (χ2v) is 7.31. The second kappa shape index (κ2) is 7.82. The van der Waals surface area contributed by atoms with Crippen LogP contribution in [0.4, 0.5) is 4.39 Å². The number of aromatic nitrogens is 2. The Morgan fingerprint density at radius 2 is 1.81 bits per heavy atom. The van der Waals surface area contributed by atoms with Gasteiger partial charge in [-0.15, -0.1) is 0 Å². The van der Waals surface area contributed by atoms with Crippen LogP contribution in [0.5, 0.6) is 5.75 Å². The molecule has 0 fully saturated rings. The molecule has 7 heteroatoms. The van der Waals surface area contributed by atoms with E-state index in [1.807, 2.05) is 0 Å². The van der Waals surface area contributed by atoms with Gasteiger partial charge in [-0.25, -0.2) is 9.37 Å². The van der Waals surface area contributed by atoms with Gasteiger partial charge in [0.2, 0.25) is 5.75 Å². The largest absolute Gasteiger partial charge is 0.501 e. The molecule has 0 saturated heterocycles. The fraction of sp³-hybridized carbons (Fsp3) is 0.400. The Kier molecular flexibility index (Phi) is 5.93. The van der Waals surface area contributed by atoms with Crippen LogP contribution in [0.15, 0.2) is 29.1 Å². The normalized spacial score (nSPS) is 11.4. The second-order valence-electron chi connectivity index (χ2n) is 7.31. The van der Waals surface area contributed by atoms with Crippen molar-refractivity contribution < 1.29 is 19.1 Å². The van der Waals surface area contributed by atoms with Crippen LogP contribution < -0.4 is 5.56 Å². The third-order valence-corrected chi connectivity index (χ3v) is 4.38. The van der Waals surface area contributed by atoms with Gasteiger partial charge in [0, 0.05) is 25.3 Å². The van der Waals surface area contributed by atoms with Crippen LogP contribution in [-0.2, 0) is 23.7 Å². The van der Waals surface area contributed by atoms with Gasteiger partial charge in [0.15, 0.2) is 11.5 Å². The number of carbonyl (C=O) groups is 2. The first-order valence-electron chi connectivity index (χ1n) is 8.60. The zero-order valence-electron chi connectivity index (χ0n) is 15.9. The minimum atomic E-state index is -0.778. The Bertz CT molecular complexity index is 930. The van der Waals surface area contributed by atoms with Gasteiger partial charge in [0.05, 0.1) is 0 Å². The number of ketones is 2. The van der Waals surface area contributed by atoms with Crippen molar-refractivity contribution in [2.45, 2.75) is 45.4 Å². The molecule has 0 atom stereocenters. The molecule has 27 heavy (non-hydrogen) atoms. The Balaban J connectivity index is 2.35. The maximum absolute atomic E-state index is 13.0. The summed E-state index contributed by atoms with van der Waals surface area (Å²) in [7, 11) is 1.44. The molecule has 0 bridgehead atoms. The number of Topliss-reactive ketones (excluding diaryl/α,β-unsaturated/α-hetero) is 2. The Morgan fingerprint density at radius 3 is 2.37 bits per heavy atom. The van der Waals surface area contributed by atoms with Gasteiger partial charge in [-0.05, 0) is 31.0 Å². The smallest absolute Gasteiger partial charge is 0.296 e. The molecule has 1 aromatic heterocycles. The van der Waals surface area contributed by atoms with Gasteiger partial charge in [-0.2, -0.15) is 0 Å². The van der Waals surface area contributed by atoms with E-state index in [1.165, 1.54) is 26.1 Å². The van der Waals surface area contributed by atoms with Crippen LogP contribution in [0.25, 0.3) is 0 Å². The Hall–Kier alpha value is -2.83. The maximum atomic E-state index is 13.0. The SMILES string of the molecule is CC(=O)CC(C)(C)c1nc(C(=O)CCc2ccc(F)cc2)c(O)c(=O)n1C. The van der Waals surface area contributed by atoms with Gasteiger partial charge < -0.3 is 5.11 Å². The third-order valence-electron chi connectivity index (χ3n) is 4.38. The van der Waals surface area contributed by atoms with Gasteiger partial charge in [-0.3, -0.25) is 19.0 Å². The molecule has 0 radical (unpaired) electrons. The molecule has 0 spiro atoms. The van der Waals surface area contributed by atoms with Gasteiger partial charge >= 0.3 is 0 Å².